The highest BCUT2D eigenvalue weighted by atomic mass is 32.2. The normalized spacial score (nSPS) is 17.1. The Labute approximate surface area is 176 Å². The Morgan fingerprint density at radius 3 is 2.87 bits per heavy atom. The Morgan fingerprint density at radius 2 is 2.00 bits per heavy atom. The van der Waals surface area contributed by atoms with Gasteiger partial charge in [0.15, 0.2) is 0 Å². The lowest BCUT2D eigenvalue weighted by Gasteiger charge is -2.20. The van der Waals surface area contributed by atoms with Gasteiger partial charge in [-0.25, -0.2) is 13.8 Å². The van der Waals surface area contributed by atoms with Crippen molar-refractivity contribution in [3.63, 3.8) is 0 Å². The van der Waals surface area contributed by atoms with Crippen molar-refractivity contribution in [1.29, 1.82) is 0 Å². The summed E-state index contributed by atoms with van der Waals surface area (Å²) in [6.45, 7) is 1.26. The molecule has 1 aliphatic rings. The number of carbonyl (C=O) groups is 1. The first-order valence-corrected chi connectivity index (χ1v) is 10.9. The Hall–Kier alpha value is -2.74. The third-order valence-corrected chi connectivity index (χ3v) is 6.61. The number of aromatic nitrogens is 2. The summed E-state index contributed by atoms with van der Waals surface area (Å²) in [5.41, 5.74) is 0.815. The zero-order valence-corrected chi connectivity index (χ0v) is 17.1. The summed E-state index contributed by atoms with van der Waals surface area (Å²) in [5, 5.41) is 0.337. The number of hydrogen-bond donors (Lipinski definition) is 0. The van der Waals surface area contributed by atoms with Crippen LogP contribution >= 0.6 is 11.8 Å². The zero-order valence-electron chi connectivity index (χ0n) is 16.3. The summed E-state index contributed by atoms with van der Waals surface area (Å²) in [5.74, 6) is -0.296. The van der Waals surface area contributed by atoms with Gasteiger partial charge in [0.1, 0.15) is 11.6 Å². The number of para-hydroxylation sites is 1. The maximum atomic E-state index is 14.1. The van der Waals surface area contributed by atoms with E-state index in [9.17, 15) is 18.4 Å². The smallest absolute Gasteiger partial charge is 0.261 e. The van der Waals surface area contributed by atoms with Gasteiger partial charge in [-0.05, 0) is 36.8 Å². The molecule has 5 nitrogen and oxygen atoms in total. The van der Waals surface area contributed by atoms with Gasteiger partial charge < -0.3 is 4.90 Å². The van der Waals surface area contributed by atoms with Gasteiger partial charge in [0, 0.05) is 42.6 Å². The van der Waals surface area contributed by atoms with Gasteiger partial charge in [0.05, 0.1) is 17.2 Å². The number of aryl methyl sites for hydroxylation is 1. The summed E-state index contributed by atoms with van der Waals surface area (Å²) in [7, 11) is 0. The van der Waals surface area contributed by atoms with E-state index in [1.165, 1.54) is 28.7 Å². The molecule has 8 heteroatoms. The molecule has 1 amide bonds. The highest BCUT2D eigenvalue weighted by Crippen LogP contribution is 2.36. The third-order valence-electron chi connectivity index (χ3n) is 5.30. The average Bonchev–Trinajstić information content (AvgIpc) is 3.01. The molecule has 4 rings (SSSR count). The van der Waals surface area contributed by atoms with Crippen LogP contribution in [-0.2, 0) is 11.3 Å². The minimum atomic E-state index is -0.460. The van der Waals surface area contributed by atoms with Crippen molar-refractivity contribution in [3.05, 3.63) is 76.3 Å². The van der Waals surface area contributed by atoms with Gasteiger partial charge in [-0.2, -0.15) is 11.8 Å². The highest BCUT2D eigenvalue weighted by molar-refractivity contribution is 7.99. The van der Waals surface area contributed by atoms with Crippen LogP contribution in [-0.4, -0.2) is 39.2 Å². The second-order valence-electron chi connectivity index (χ2n) is 7.20. The Bertz CT molecular complexity index is 1130. The lowest BCUT2D eigenvalue weighted by Crippen LogP contribution is -2.34. The maximum Gasteiger partial charge on any atom is 0.261 e. The van der Waals surface area contributed by atoms with Crippen LogP contribution in [0, 0.1) is 11.6 Å². The number of hydrogen-bond acceptors (Lipinski definition) is 4. The molecule has 2 aromatic carbocycles. The first-order valence-electron chi connectivity index (χ1n) is 9.81. The van der Waals surface area contributed by atoms with Crippen LogP contribution in [0.1, 0.15) is 23.7 Å². The molecule has 3 aromatic rings. The van der Waals surface area contributed by atoms with E-state index in [-0.39, 0.29) is 29.7 Å². The lowest BCUT2D eigenvalue weighted by atomic mass is 10.1. The molecule has 156 valence electrons. The summed E-state index contributed by atoms with van der Waals surface area (Å²) in [4.78, 5) is 31.3. The SMILES string of the molecule is O=C(CCn1cnc2ccccc2c1=O)N1CCS[C@H](c2cc(F)ccc2F)CC1. The standard InChI is InChI=1S/C22H21F2N3O2S/c23-15-5-6-18(24)17(13-15)20-7-9-26(11-12-30-20)21(28)8-10-27-14-25-19-4-2-1-3-16(19)22(27)29/h1-6,13-14,20H,7-12H2/t20-/m0/s1. The minimum Gasteiger partial charge on any atom is -0.342 e. The van der Waals surface area contributed by atoms with Gasteiger partial charge in [-0.1, -0.05) is 12.1 Å². The highest BCUT2D eigenvalue weighted by Gasteiger charge is 2.24. The third kappa shape index (κ3) is 4.38. The van der Waals surface area contributed by atoms with Gasteiger partial charge in [0.2, 0.25) is 5.91 Å². The predicted octanol–water partition coefficient (Wildman–Crippen LogP) is 3.77. The van der Waals surface area contributed by atoms with E-state index >= 15 is 0 Å². The second kappa shape index (κ2) is 8.95. The van der Waals surface area contributed by atoms with E-state index in [1.54, 1.807) is 23.1 Å². The van der Waals surface area contributed by atoms with Crippen LogP contribution in [0.15, 0.2) is 53.6 Å². The molecule has 0 spiro atoms. The van der Waals surface area contributed by atoms with Gasteiger partial charge in [-0.3, -0.25) is 14.2 Å². The van der Waals surface area contributed by atoms with Crippen LogP contribution in [0.5, 0.6) is 0 Å². The van der Waals surface area contributed by atoms with Crippen molar-refractivity contribution < 1.29 is 13.6 Å². The Kier molecular flexibility index (Phi) is 6.13. The largest absolute Gasteiger partial charge is 0.342 e. The fourth-order valence-corrected chi connectivity index (χ4v) is 4.91. The van der Waals surface area contributed by atoms with Gasteiger partial charge in [-0.15, -0.1) is 0 Å². The molecule has 1 atom stereocenters. The summed E-state index contributed by atoms with van der Waals surface area (Å²) >= 11 is 1.53. The number of halogens is 2. The van der Waals surface area contributed by atoms with E-state index in [2.05, 4.69) is 4.98 Å². The number of benzene rings is 2. The number of amides is 1. The lowest BCUT2D eigenvalue weighted by molar-refractivity contribution is -0.131. The molecule has 0 aliphatic carbocycles. The molecule has 1 aliphatic heterocycles. The minimum absolute atomic E-state index is 0.0592. The number of thioether (sulfide) groups is 1. The summed E-state index contributed by atoms with van der Waals surface area (Å²) < 4.78 is 29.1. The predicted molar refractivity (Wildman–Crippen MR) is 113 cm³/mol. The quantitative estimate of drug-likeness (QED) is 0.634. The molecule has 1 fully saturated rings. The van der Waals surface area contributed by atoms with Crippen LogP contribution in [0.25, 0.3) is 10.9 Å². The van der Waals surface area contributed by atoms with Crippen molar-refractivity contribution in [2.45, 2.75) is 24.6 Å². The molecule has 30 heavy (non-hydrogen) atoms. The van der Waals surface area contributed by atoms with E-state index in [0.29, 0.717) is 41.7 Å². The first-order chi connectivity index (χ1) is 14.5. The van der Waals surface area contributed by atoms with Crippen LogP contribution in [0.3, 0.4) is 0 Å². The van der Waals surface area contributed by atoms with Crippen molar-refractivity contribution in [1.82, 2.24) is 14.5 Å². The van der Waals surface area contributed by atoms with Crippen molar-refractivity contribution >= 4 is 28.6 Å². The van der Waals surface area contributed by atoms with E-state index in [4.69, 9.17) is 0 Å². The van der Waals surface area contributed by atoms with Crippen molar-refractivity contribution in [2.24, 2.45) is 0 Å². The van der Waals surface area contributed by atoms with Crippen molar-refractivity contribution in [2.75, 3.05) is 18.8 Å². The number of carbonyl (C=O) groups excluding carboxylic acids is 1. The molecular formula is C22H21F2N3O2S. The number of fused-ring (bicyclic) bond motifs is 1. The summed E-state index contributed by atoms with van der Waals surface area (Å²) in [6, 6.07) is 10.6. The van der Waals surface area contributed by atoms with Crippen LogP contribution in [0.4, 0.5) is 8.78 Å². The molecule has 2 heterocycles. The molecule has 1 saturated heterocycles. The Balaban J connectivity index is 1.39. The molecule has 0 bridgehead atoms. The molecule has 0 saturated carbocycles. The maximum absolute atomic E-state index is 14.1. The molecular weight excluding hydrogens is 408 g/mol. The molecule has 1 aromatic heterocycles. The number of rotatable bonds is 4. The summed E-state index contributed by atoms with van der Waals surface area (Å²) in [6.07, 6.45) is 2.21. The van der Waals surface area contributed by atoms with Crippen molar-refractivity contribution in [3.8, 4) is 0 Å². The van der Waals surface area contributed by atoms with Crippen LogP contribution < -0.4 is 5.56 Å². The molecule has 0 radical (unpaired) electrons. The number of nitrogens with zero attached hydrogens (tertiary/aromatic N) is 3. The Morgan fingerprint density at radius 1 is 1.17 bits per heavy atom. The van der Waals surface area contributed by atoms with E-state index < -0.39 is 11.6 Å². The zero-order chi connectivity index (χ0) is 21.1. The fraction of sp³-hybridized carbons (Fsp3) is 0.318. The van der Waals surface area contributed by atoms with Gasteiger partial charge >= 0.3 is 0 Å². The van der Waals surface area contributed by atoms with E-state index in [0.717, 1.165) is 12.1 Å². The average molecular weight is 429 g/mol. The molecule has 0 N–H and O–H groups in total. The first kappa shape index (κ1) is 20.5. The molecule has 0 unspecified atom stereocenters. The fourth-order valence-electron chi connectivity index (χ4n) is 3.67. The monoisotopic (exact) mass is 429 g/mol. The van der Waals surface area contributed by atoms with Crippen LogP contribution in [0.2, 0.25) is 0 Å². The van der Waals surface area contributed by atoms with E-state index in [1.807, 2.05) is 6.07 Å². The second-order valence-corrected chi connectivity index (χ2v) is 8.52. The van der Waals surface area contributed by atoms with Gasteiger partial charge in [0.25, 0.3) is 5.56 Å². The topological polar surface area (TPSA) is 55.2 Å².